The Bertz CT molecular complexity index is 662. The summed E-state index contributed by atoms with van der Waals surface area (Å²) >= 11 is 0. The number of urea groups is 1. The summed E-state index contributed by atoms with van der Waals surface area (Å²) in [7, 11) is 0. The van der Waals surface area contributed by atoms with E-state index in [2.05, 4.69) is 12.2 Å². The van der Waals surface area contributed by atoms with Crippen LogP contribution >= 0.6 is 0 Å². The summed E-state index contributed by atoms with van der Waals surface area (Å²) in [4.78, 5) is 39.6. The van der Waals surface area contributed by atoms with Crippen molar-refractivity contribution in [2.24, 2.45) is 5.92 Å². The number of amides is 4. The number of hydrogen-bond acceptors (Lipinski definition) is 3. The Morgan fingerprint density at radius 1 is 1.29 bits per heavy atom. The molecule has 6 nitrogen and oxygen atoms in total. The molecule has 1 aromatic carbocycles. The van der Waals surface area contributed by atoms with E-state index in [1.807, 2.05) is 0 Å². The molecule has 7 heteroatoms. The lowest BCUT2D eigenvalue weighted by molar-refractivity contribution is -0.135. The van der Waals surface area contributed by atoms with Crippen LogP contribution in [0, 0.1) is 11.7 Å². The summed E-state index contributed by atoms with van der Waals surface area (Å²) in [5.74, 6) is -0.602. The van der Waals surface area contributed by atoms with Gasteiger partial charge in [0.15, 0.2) is 0 Å². The highest BCUT2D eigenvalue weighted by atomic mass is 19.1. The molecule has 2 aliphatic rings. The molecule has 2 aliphatic heterocycles. The first-order valence-electron chi connectivity index (χ1n) is 8.13. The zero-order chi connectivity index (χ0) is 17.3. The Hall–Kier alpha value is -2.44. The first-order valence-corrected chi connectivity index (χ1v) is 8.13. The fourth-order valence-electron chi connectivity index (χ4n) is 3.22. The number of nitrogens with one attached hydrogen (secondary N) is 1. The summed E-state index contributed by atoms with van der Waals surface area (Å²) in [5, 5.41) is 2.54. The molecule has 0 bridgehead atoms. The number of benzene rings is 1. The van der Waals surface area contributed by atoms with Crippen molar-refractivity contribution in [3.05, 3.63) is 30.1 Å². The quantitative estimate of drug-likeness (QED) is 0.859. The zero-order valence-corrected chi connectivity index (χ0v) is 13.5. The maximum atomic E-state index is 13.0. The highest BCUT2D eigenvalue weighted by Crippen LogP contribution is 2.22. The van der Waals surface area contributed by atoms with Gasteiger partial charge in [-0.2, -0.15) is 0 Å². The zero-order valence-electron chi connectivity index (χ0n) is 13.5. The van der Waals surface area contributed by atoms with Crippen molar-refractivity contribution in [2.45, 2.75) is 32.2 Å². The Balaban J connectivity index is 1.67. The third-order valence-corrected chi connectivity index (χ3v) is 4.49. The van der Waals surface area contributed by atoms with E-state index in [1.54, 1.807) is 4.90 Å². The molecule has 2 heterocycles. The highest BCUT2D eigenvalue weighted by molar-refractivity contribution is 6.22. The lowest BCUT2D eigenvalue weighted by atomic mass is 9.99. The summed E-state index contributed by atoms with van der Waals surface area (Å²) in [5.41, 5.74) is 0.292. The minimum absolute atomic E-state index is 0.0466. The lowest BCUT2D eigenvalue weighted by Crippen LogP contribution is -2.43. The number of hydrogen-bond donors (Lipinski definition) is 1. The van der Waals surface area contributed by atoms with Gasteiger partial charge >= 0.3 is 6.03 Å². The minimum atomic E-state index is -0.868. The van der Waals surface area contributed by atoms with Gasteiger partial charge in [-0.25, -0.2) is 14.1 Å². The van der Waals surface area contributed by atoms with Gasteiger partial charge in [-0.1, -0.05) is 6.92 Å². The normalized spacial score (nSPS) is 24.2. The van der Waals surface area contributed by atoms with Crippen LogP contribution in [0.2, 0.25) is 0 Å². The van der Waals surface area contributed by atoms with Crippen LogP contribution in [0.5, 0.6) is 0 Å². The van der Waals surface area contributed by atoms with Crippen LogP contribution in [0.25, 0.3) is 0 Å². The molecule has 4 amide bonds. The largest absolute Gasteiger partial charge is 0.342 e. The number of rotatable bonds is 3. The van der Waals surface area contributed by atoms with E-state index < -0.39 is 23.8 Å². The van der Waals surface area contributed by atoms with Crippen molar-refractivity contribution < 1.29 is 18.8 Å². The molecule has 2 unspecified atom stereocenters. The first-order chi connectivity index (χ1) is 11.5. The number of carbonyl (C=O) groups excluding carboxylic acids is 3. The second kappa shape index (κ2) is 6.59. The van der Waals surface area contributed by atoms with E-state index in [1.165, 1.54) is 24.3 Å². The summed E-state index contributed by atoms with van der Waals surface area (Å²) < 4.78 is 13.0. The number of carbonyl (C=O) groups is 3. The smallest absolute Gasteiger partial charge is 0.329 e. The lowest BCUT2D eigenvalue weighted by Gasteiger charge is -2.31. The average molecular weight is 333 g/mol. The van der Waals surface area contributed by atoms with E-state index in [4.69, 9.17) is 0 Å². The van der Waals surface area contributed by atoms with Gasteiger partial charge in [0.05, 0.1) is 12.1 Å². The molecule has 24 heavy (non-hydrogen) atoms. The van der Waals surface area contributed by atoms with Gasteiger partial charge in [0.2, 0.25) is 5.91 Å². The van der Waals surface area contributed by atoms with Crippen LogP contribution in [-0.4, -0.2) is 41.9 Å². The first kappa shape index (κ1) is 16.4. The summed E-state index contributed by atoms with van der Waals surface area (Å²) in [6, 6.07) is 3.64. The van der Waals surface area contributed by atoms with Crippen LogP contribution in [-0.2, 0) is 9.59 Å². The Morgan fingerprint density at radius 3 is 2.67 bits per heavy atom. The van der Waals surface area contributed by atoms with Crippen molar-refractivity contribution in [1.82, 2.24) is 10.2 Å². The highest BCUT2D eigenvalue weighted by Gasteiger charge is 2.40. The van der Waals surface area contributed by atoms with Gasteiger partial charge in [0, 0.05) is 13.1 Å². The van der Waals surface area contributed by atoms with Crippen molar-refractivity contribution in [3.8, 4) is 0 Å². The molecule has 2 fully saturated rings. The predicted octanol–water partition coefficient (Wildman–Crippen LogP) is 1.90. The number of halogens is 1. The molecule has 1 N–H and O–H groups in total. The second-order valence-corrected chi connectivity index (χ2v) is 6.44. The molecule has 0 spiro atoms. The van der Waals surface area contributed by atoms with Gasteiger partial charge in [-0.3, -0.25) is 9.59 Å². The number of piperidine rings is 1. The molecule has 2 atom stereocenters. The number of nitrogens with zero attached hydrogens (tertiary/aromatic N) is 2. The van der Waals surface area contributed by atoms with Crippen LogP contribution in [0.4, 0.5) is 14.9 Å². The van der Waals surface area contributed by atoms with Crippen molar-refractivity contribution in [2.75, 3.05) is 18.0 Å². The molecule has 0 radical (unpaired) electrons. The fourth-order valence-corrected chi connectivity index (χ4v) is 3.22. The molecule has 1 aromatic rings. The van der Waals surface area contributed by atoms with Crippen LogP contribution in [0.1, 0.15) is 26.2 Å². The van der Waals surface area contributed by atoms with Gasteiger partial charge in [-0.15, -0.1) is 0 Å². The van der Waals surface area contributed by atoms with Crippen molar-refractivity contribution in [1.29, 1.82) is 0 Å². The minimum Gasteiger partial charge on any atom is -0.342 e. The van der Waals surface area contributed by atoms with Crippen molar-refractivity contribution in [3.63, 3.8) is 0 Å². The van der Waals surface area contributed by atoms with E-state index in [9.17, 15) is 18.8 Å². The van der Waals surface area contributed by atoms with E-state index >= 15 is 0 Å². The SMILES string of the molecule is CC1CCCN(C(=O)CC2NC(=O)N(c3ccc(F)cc3)C2=O)C1. The monoisotopic (exact) mass is 333 g/mol. The average Bonchev–Trinajstić information content (AvgIpc) is 2.82. The standard InChI is InChI=1S/C17H20FN3O3/c1-11-3-2-8-20(10-11)15(22)9-14-16(23)21(17(24)19-14)13-6-4-12(18)5-7-13/h4-7,11,14H,2-3,8-10H2,1H3,(H,19,24). The number of anilines is 1. The molecule has 0 aliphatic carbocycles. The van der Waals surface area contributed by atoms with E-state index in [0.29, 0.717) is 24.7 Å². The maximum absolute atomic E-state index is 13.0. The molecular weight excluding hydrogens is 313 g/mol. The predicted molar refractivity (Wildman–Crippen MR) is 85.8 cm³/mol. The van der Waals surface area contributed by atoms with Crippen LogP contribution < -0.4 is 10.2 Å². The topological polar surface area (TPSA) is 69.7 Å². The number of imide groups is 1. The maximum Gasteiger partial charge on any atom is 0.329 e. The second-order valence-electron chi connectivity index (χ2n) is 6.44. The Morgan fingerprint density at radius 2 is 2.00 bits per heavy atom. The third kappa shape index (κ3) is 3.25. The van der Waals surface area contributed by atoms with E-state index in [-0.39, 0.29) is 12.3 Å². The fraction of sp³-hybridized carbons (Fsp3) is 0.471. The Kier molecular flexibility index (Phi) is 4.51. The molecule has 128 valence electrons. The van der Waals surface area contributed by atoms with Gasteiger partial charge in [-0.05, 0) is 43.0 Å². The molecular formula is C17H20FN3O3. The Labute approximate surface area is 139 Å². The third-order valence-electron chi connectivity index (χ3n) is 4.49. The number of likely N-dealkylation sites (tertiary alicyclic amines) is 1. The van der Waals surface area contributed by atoms with Gasteiger partial charge in [0.25, 0.3) is 5.91 Å². The van der Waals surface area contributed by atoms with Gasteiger partial charge < -0.3 is 10.2 Å². The van der Waals surface area contributed by atoms with E-state index in [0.717, 1.165) is 17.7 Å². The van der Waals surface area contributed by atoms with Gasteiger partial charge in [0.1, 0.15) is 11.9 Å². The summed E-state index contributed by atoms with van der Waals surface area (Å²) in [6.45, 7) is 3.48. The molecule has 0 aromatic heterocycles. The summed E-state index contributed by atoms with van der Waals surface area (Å²) in [6.07, 6.45) is 2.01. The molecule has 2 saturated heterocycles. The van der Waals surface area contributed by atoms with Crippen LogP contribution in [0.15, 0.2) is 24.3 Å². The molecule has 0 saturated carbocycles. The van der Waals surface area contributed by atoms with Crippen LogP contribution in [0.3, 0.4) is 0 Å². The van der Waals surface area contributed by atoms with Crippen molar-refractivity contribution >= 4 is 23.5 Å². The molecule has 3 rings (SSSR count).